The number of nitrogens with one attached hydrogen (secondary N) is 2. The number of hydrogen-bond donors (Lipinski definition) is 2. The number of aryl methyl sites for hydroxylation is 1. The molecule has 0 fully saturated rings. The molecular weight excluding hydrogens is 288 g/mol. The number of benzene rings is 1. The van der Waals surface area contributed by atoms with E-state index in [-0.39, 0.29) is 5.54 Å². The normalized spacial score (nSPS) is 13.7. The Morgan fingerprint density at radius 2 is 1.94 bits per heavy atom. The van der Waals surface area contributed by atoms with Crippen LogP contribution in [0.1, 0.15) is 38.8 Å². The third-order valence-corrected chi connectivity index (χ3v) is 3.99. The molecule has 0 bridgehead atoms. The van der Waals surface area contributed by atoms with E-state index in [1.807, 2.05) is 0 Å². The van der Waals surface area contributed by atoms with Gasteiger partial charge in [0.1, 0.15) is 0 Å². The molecule has 0 aliphatic carbocycles. The minimum absolute atomic E-state index is 0.180. The van der Waals surface area contributed by atoms with Crippen LogP contribution in [0.25, 0.3) is 0 Å². The lowest BCUT2D eigenvalue weighted by molar-refractivity contribution is 0.387. The monoisotopic (exact) mass is 312 g/mol. The lowest BCUT2D eigenvalue weighted by atomic mass is 10.1. The van der Waals surface area contributed by atoms with Crippen molar-refractivity contribution in [2.75, 3.05) is 6.54 Å². The molecule has 1 aromatic carbocycles. The minimum atomic E-state index is 0.180. The summed E-state index contributed by atoms with van der Waals surface area (Å²) in [6, 6.07) is 6.85. The summed E-state index contributed by atoms with van der Waals surface area (Å²) >= 11 is 3.65. The van der Waals surface area contributed by atoms with Gasteiger partial charge in [-0.15, -0.1) is 0 Å². The molecule has 0 radical (unpaired) electrons. The first-order valence-electron chi connectivity index (χ1n) is 6.52. The molecule has 1 aromatic rings. The smallest absolute Gasteiger partial charge is 0.0249 e. The Hall–Kier alpha value is -0.380. The van der Waals surface area contributed by atoms with E-state index in [1.165, 1.54) is 15.6 Å². The molecule has 0 amide bonds. The molecule has 0 saturated carbocycles. The summed E-state index contributed by atoms with van der Waals surface area (Å²) in [5.74, 6) is 0. The van der Waals surface area contributed by atoms with Gasteiger partial charge in [0.25, 0.3) is 0 Å². The lowest BCUT2D eigenvalue weighted by Gasteiger charge is -2.24. The molecule has 0 aliphatic rings. The van der Waals surface area contributed by atoms with Crippen molar-refractivity contribution in [1.82, 2.24) is 10.6 Å². The average molecular weight is 313 g/mol. The Balaban J connectivity index is 2.43. The van der Waals surface area contributed by atoms with Gasteiger partial charge in [0.15, 0.2) is 0 Å². The fourth-order valence-electron chi connectivity index (χ4n) is 1.66. The maximum absolute atomic E-state index is 3.65. The van der Waals surface area contributed by atoms with E-state index in [9.17, 15) is 0 Å². The highest BCUT2D eigenvalue weighted by Gasteiger charge is 2.11. The Labute approximate surface area is 120 Å². The fraction of sp³-hybridized carbons (Fsp3) is 0.600. The summed E-state index contributed by atoms with van der Waals surface area (Å²) in [5.41, 5.74) is 2.78. The molecule has 18 heavy (non-hydrogen) atoms. The second-order valence-corrected chi connectivity index (χ2v) is 6.75. The second kappa shape index (κ2) is 6.69. The zero-order valence-electron chi connectivity index (χ0n) is 12.1. The fourth-order valence-corrected chi connectivity index (χ4v) is 2.06. The molecule has 2 N–H and O–H groups in total. The molecule has 1 unspecified atom stereocenters. The summed E-state index contributed by atoms with van der Waals surface area (Å²) < 4.78 is 1.22. The summed E-state index contributed by atoms with van der Waals surface area (Å²) in [5, 5.41) is 7.06. The van der Waals surface area contributed by atoms with Crippen LogP contribution in [0.2, 0.25) is 0 Å². The molecule has 2 nitrogen and oxygen atoms in total. The van der Waals surface area contributed by atoms with Crippen molar-refractivity contribution >= 4 is 15.9 Å². The van der Waals surface area contributed by atoms with Crippen molar-refractivity contribution in [3.63, 3.8) is 0 Å². The molecule has 102 valence electrons. The molecule has 0 aliphatic heterocycles. The topological polar surface area (TPSA) is 24.1 Å². The Bertz CT molecular complexity index is 383. The van der Waals surface area contributed by atoms with Crippen molar-refractivity contribution in [3.8, 4) is 0 Å². The standard InChI is InChI=1S/C15H25BrN2/c1-11-7-6-8-13(14(11)16)10-17-12(2)9-18-15(3,4)5/h6-8,12,17-18H,9-10H2,1-5H3. The minimum Gasteiger partial charge on any atom is -0.311 e. The van der Waals surface area contributed by atoms with Crippen LogP contribution in [0, 0.1) is 6.92 Å². The average Bonchev–Trinajstić information content (AvgIpc) is 2.27. The van der Waals surface area contributed by atoms with Gasteiger partial charge in [-0.3, -0.25) is 0 Å². The highest BCUT2D eigenvalue weighted by molar-refractivity contribution is 9.10. The molecule has 0 aromatic heterocycles. The first kappa shape index (κ1) is 15.7. The van der Waals surface area contributed by atoms with Crippen molar-refractivity contribution in [3.05, 3.63) is 33.8 Å². The van der Waals surface area contributed by atoms with Crippen molar-refractivity contribution < 1.29 is 0 Å². The van der Waals surface area contributed by atoms with Crippen LogP contribution in [-0.2, 0) is 6.54 Å². The Kier molecular flexibility index (Phi) is 5.83. The van der Waals surface area contributed by atoms with Gasteiger partial charge >= 0.3 is 0 Å². The molecule has 3 heteroatoms. The predicted octanol–water partition coefficient (Wildman–Crippen LogP) is 3.62. The summed E-state index contributed by atoms with van der Waals surface area (Å²) in [7, 11) is 0. The number of rotatable bonds is 5. The number of halogens is 1. The van der Waals surface area contributed by atoms with E-state index in [1.54, 1.807) is 0 Å². The van der Waals surface area contributed by atoms with Crippen LogP contribution in [0.3, 0.4) is 0 Å². The summed E-state index contributed by atoms with van der Waals surface area (Å²) in [4.78, 5) is 0. The summed E-state index contributed by atoms with van der Waals surface area (Å²) in [6.45, 7) is 12.8. The van der Waals surface area contributed by atoms with Crippen LogP contribution in [0.5, 0.6) is 0 Å². The maximum Gasteiger partial charge on any atom is 0.0249 e. The largest absolute Gasteiger partial charge is 0.311 e. The van der Waals surface area contributed by atoms with Crippen LogP contribution in [0.15, 0.2) is 22.7 Å². The predicted molar refractivity (Wildman–Crippen MR) is 82.9 cm³/mol. The van der Waals surface area contributed by atoms with Crippen LogP contribution < -0.4 is 10.6 Å². The van der Waals surface area contributed by atoms with Gasteiger partial charge in [-0.05, 0) is 45.7 Å². The highest BCUT2D eigenvalue weighted by atomic mass is 79.9. The van der Waals surface area contributed by atoms with Gasteiger partial charge in [0.2, 0.25) is 0 Å². The van der Waals surface area contributed by atoms with Crippen molar-refractivity contribution in [2.45, 2.75) is 52.7 Å². The maximum atomic E-state index is 3.65. The van der Waals surface area contributed by atoms with Gasteiger partial charge in [0.05, 0.1) is 0 Å². The quantitative estimate of drug-likeness (QED) is 0.867. The van der Waals surface area contributed by atoms with Gasteiger partial charge < -0.3 is 10.6 Å². The van der Waals surface area contributed by atoms with E-state index in [0.29, 0.717) is 6.04 Å². The van der Waals surface area contributed by atoms with Gasteiger partial charge in [-0.1, -0.05) is 34.1 Å². The van der Waals surface area contributed by atoms with E-state index < -0.39 is 0 Å². The zero-order chi connectivity index (χ0) is 13.8. The SMILES string of the molecule is Cc1cccc(CNC(C)CNC(C)(C)C)c1Br. The summed E-state index contributed by atoms with van der Waals surface area (Å²) in [6.07, 6.45) is 0. The first-order valence-corrected chi connectivity index (χ1v) is 7.31. The van der Waals surface area contributed by atoms with Crippen LogP contribution in [0.4, 0.5) is 0 Å². The zero-order valence-corrected chi connectivity index (χ0v) is 13.7. The molecule has 0 heterocycles. The van der Waals surface area contributed by atoms with E-state index >= 15 is 0 Å². The molecule has 0 saturated heterocycles. The second-order valence-electron chi connectivity index (χ2n) is 5.96. The van der Waals surface area contributed by atoms with E-state index in [0.717, 1.165) is 13.1 Å². The van der Waals surface area contributed by atoms with Crippen LogP contribution in [-0.4, -0.2) is 18.1 Å². The lowest BCUT2D eigenvalue weighted by Crippen LogP contribution is -2.44. The van der Waals surface area contributed by atoms with Gasteiger partial charge in [-0.2, -0.15) is 0 Å². The number of hydrogen-bond acceptors (Lipinski definition) is 2. The molecule has 0 spiro atoms. The molecular formula is C15H25BrN2. The first-order chi connectivity index (χ1) is 8.29. The molecule has 1 rings (SSSR count). The highest BCUT2D eigenvalue weighted by Crippen LogP contribution is 2.20. The molecule has 1 atom stereocenters. The van der Waals surface area contributed by atoms with E-state index in [4.69, 9.17) is 0 Å². The third-order valence-electron chi connectivity index (χ3n) is 2.85. The Morgan fingerprint density at radius 1 is 1.28 bits per heavy atom. The van der Waals surface area contributed by atoms with Crippen molar-refractivity contribution in [1.29, 1.82) is 0 Å². The Morgan fingerprint density at radius 3 is 2.56 bits per heavy atom. The van der Waals surface area contributed by atoms with E-state index in [2.05, 4.69) is 79.4 Å². The van der Waals surface area contributed by atoms with Crippen LogP contribution >= 0.6 is 15.9 Å². The van der Waals surface area contributed by atoms with Gasteiger partial charge in [0, 0.05) is 29.1 Å². The van der Waals surface area contributed by atoms with Gasteiger partial charge in [-0.25, -0.2) is 0 Å². The van der Waals surface area contributed by atoms with Crippen molar-refractivity contribution in [2.24, 2.45) is 0 Å². The third kappa shape index (κ3) is 5.51.